The van der Waals surface area contributed by atoms with Gasteiger partial charge in [-0.1, -0.05) is 26.7 Å². The molecule has 0 bridgehead atoms. The second-order valence-electron chi connectivity index (χ2n) is 5.02. The van der Waals surface area contributed by atoms with Crippen LogP contribution in [0.15, 0.2) is 0 Å². The van der Waals surface area contributed by atoms with Gasteiger partial charge in [-0.15, -0.1) is 0 Å². The molecule has 4 nitrogen and oxygen atoms in total. The van der Waals surface area contributed by atoms with E-state index >= 15 is 0 Å². The molecule has 1 fully saturated rings. The van der Waals surface area contributed by atoms with E-state index in [2.05, 4.69) is 12.2 Å². The number of rotatable bonds is 5. The topological polar surface area (TPSA) is 69.6 Å². The van der Waals surface area contributed by atoms with E-state index in [0.29, 0.717) is 18.8 Å². The lowest BCUT2D eigenvalue weighted by Gasteiger charge is -2.39. The SMILES string of the molecule is CCC(CO)NC1(C(=O)O)CCCC(C)C1. The summed E-state index contributed by atoms with van der Waals surface area (Å²) in [6.45, 7) is 4.05. The van der Waals surface area contributed by atoms with E-state index in [9.17, 15) is 9.90 Å². The molecule has 0 amide bonds. The number of aliphatic carboxylic acids is 1. The van der Waals surface area contributed by atoms with Crippen molar-refractivity contribution in [1.29, 1.82) is 0 Å². The Morgan fingerprint density at radius 2 is 2.31 bits per heavy atom. The first kappa shape index (κ1) is 13.5. The average Bonchev–Trinajstić information content (AvgIpc) is 2.25. The average molecular weight is 229 g/mol. The fraction of sp³-hybridized carbons (Fsp3) is 0.917. The Balaban J connectivity index is 2.75. The van der Waals surface area contributed by atoms with Crippen molar-refractivity contribution in [2.24, 2.45) is 5.92 Å². The first-order valence-corrected chi connectivity index (χ1v) is 6.16. The molecule has 0 aromatic rings. The van der Waals surface area contributed by atoms with E-state index in [1.807, 2.05) is 6.92 Å². The van der Waals surface area contributed by atoms with Gasteiger partial charge in [0.25, 0.3) is 0 Å². The van der Waals surface area contributed by atoms with Gasteiger partial charge in [0.2, 0.25) is 0 Å². The molecular formula is C12H23NO3. The maximum absolute atomic E-state index is 11.4. The summed E-state index contributed by atoms with van der Waals surface area (Å²) in [7, 11) is 0. The van der Waals surface area contributed by atoms with Gasteiger partial charge in [-0.05, 0) is 25.2 Å². The monoisotopic (exact) mass is 229 g/mol. The number of aliphatic hydroxyl groups is 1. The smallest absolute Gasteiger partial charge is 0.323 e. The Hall–Kier alpha value is -0.610. The fourth-order valence-electron chi connectivity index (χ4n) is 2.61. The summed E-state index contributed by atoms with van der Waals surface area (Å²) in [4.78, 5) is 11.4. The number of carboxylic acid groups (broad SMARTS) is 1. The van der Waals surface area contributed by atoms with Gasteiger partial charge in [-0.2, -0.15) is 0 Å². The van der Waals surface area contributed by atoms with Gasteiger partial charge in [0.15, 0.2) is 0 Å². The summed E-state index contributed by atoms with van der Waals surface area (Å²) in [5.41, 5.74) is -0.818. The van der Waals surface area contributed by atoms with Crippen LogP contribution in [0.2, 0.25) is 0 Å². The largest absolute Gasteiger partial charge is 0.480 e. The highest BCUT2D eigenvalue weighted by atomic mass is 16.4. The Morgan fingerprint density at radius 1 is 1.62 bits per heavy atom. The molecule has 3 unspecified atom stereocenters. The van der Waals surface area contributed by atoms with Crippen molar-refractivity contribution >= 4 is 5.97 Å². The first-order valence-electron chi connectivity index (χ1n) is 6.16. The third-order valence-corrected chi connectivity index (χ3v) is 3.60. The second kappa shape index (κ2) is 5.64. The molecule has 1 saturated carbocycles. The minimum Gasteiger partial charge on any atom is -0.480 e. The van der Waals surface area contributed by atoms with E-state index in [1.165, 1.54) is 0 Å². The van der Waals surface area contributed by atoms with Gasteiger partial charge < -0.3 is 10.2 Å². The third kappa shape index (κ3) is 2.95. The van der Waals surface area contributed by atoms with Crippen molar-refractivity contribution in [1.82, 2.24) is 5.32 Å². The van der Waals surface area contributed by atoms with Crippen molar-refractivity contribution in [3.8, 4) is 0 Å². The molecule has 0 aromatic heterocycles. The lowest BCUT2D eigenvalue weighted by atomic mass is 9.76. The van der Waals surface area contributed by atoms with Gasteiger partial charge in [0.05, 0.1) is 6.61 Å². The molecule has 0 heterocycles. The second-order valence-corrected chi connectivity index (χ2v) is 5.02. The number of nitrogens with one attached hydrogen (secondary N) is 1. The molecule has 0 aromatic carbocycles. The summed E-state index contributed by atoms with van der Waals surface area (Å²) in [5.74, 6) is -0.334. The first-order chi connectivity index (χ1) is 7.54. The van der Waals surface area contributed by atoms with E-state index < -0.39 is 11.5 Å². The quantitative estimate of drug-likeness (QED) is 0.666. The summed E-state index contributed by atoms with van der Waals surface area (Å²) in [5, 5.41) is 21.7. The highest BCUT2D eigenvalue weighted by Gasteiger charge is 2.42. The molecular weight excluding hydrogens is 206 g/mol. The van der Waals surface area contributed by atoms with Gasteiger partial charge in [-0.3, -0.25) is 10.1 Å². The maximum Gasteiger partial charge on any atom is 0.323 e. The standard InChI is InChI=1S/C12H23NO3/c1-3-10(8-14)13-12(11(15)16)6-4-5-9(2)7-12/h9-10,13-14H,3-8H2,1-2H3,(H,15,16). The number of hydrogen-bond acceptors (Lipinski definition) is 3. The molecule has 1 rings (SSSR count). The molecule has 3 atom stereocenters. The van der Waals surface area contributed by atoms with Crippen molar-refractivity contribution < 1.29 is 15.0 Å². The molecule has 16 heavy (non-hydrogen) atoms. The van der Waals surface area contributed by atoms with Gasteiger partial charge >= 0.3 is 5.97 Å². The molecule has 3 N–H and O–H groups in total. The molecule has 4 heteroatoms. The van der Waals surface area contributed by atoms with E-state index in [1.54, 1.807) is 0 Å². The van der Waals surface area contributed by atoms with Crippen molar-refractivity contribution in [2.45, 2.75) is 57.5 Å². The molecule has 0 radical (unpaired) electrons. The molecule has 0 aliphatic heterocycles. The number of aliphatic hydroxyl groups excluding tert-OH is 1. The minimum atomic E-state index is -0.818. The van der Waals surface area contributed by atoms with Gasteiger partial charge in [0.1, 0.15) is 5.54 Å². The zero-order valence-electron chi connectivity index (χ0n) is 10.2. The summed E-state index contributed by atoms with van der Waals surface area (Å²) < 4.78 is 0. The van der Waals surface area contributed by atoms with Crippen LogP contribution in [0.5, 0.6) is 0 Å². The van der Waals surface area contributed by atoms with E-state index in [4.69, 9.17) is 5.11 Å². The molecule has 1 aliphatic carbocycles. The summed E-state index contributed by atoms with van der Waals surface area (Å²) >= 11 is 0. The maximum atomic E-state index is 11.4. The van der Waals surface area contributed by atoms with Crippen LogP contribution in [0, 0.1) is 5.92 Å². The number of carboxylic acids is 1. The third-order valence-electron chi connectivity index (χ3n) is 3.60. The Morgan fingerprint density at radius 3 is 2.75 bits per heavy atom. The fourth-order valence-corrected chi connectivity index (χ4v) is 2.61. The lowest BCUT2D eigenvalue weighted by Crippen LogP contribution is -2.58. The zero-order chi connectivity index (χ0) is 12.2. The minimum absolute atomic E-state index is 0.0000883. The van der Waals surface area contributed by atoms with Gasteiger partial charge in [0, 0.05) is 6.04 Å². The Kier molecular flexibility index (Phi) is 4.74. The number of hydrogen-bond donors (Lipinski definition) is 3. The summed E-state index contributed by atoms with van der Waals surface area (Å²) in [6, 6.07) is -0.110. The lowest BCUT2D eigenvalue weighted by molar-refractivity contribution is -0.147. The van der Waals surface area contributed by atoms with Crippen LogP contribution < -0.4 is 5.32 Å². The van der Waals surface area contributed by atoms with E-state index in [0.717, 1.165) is 19.3 Å². The highest BCUT2D eigenvalue weighted by molar-refractivity contribution is 5.79. The van der Waals surface area contributed by atoms with Gasteiger partial charge in [-0.25, -0.2) is 0 Å². The zero-order valence-corrected chi connectivity index (χ0v) is 10.2. The Labute approximate surface area is 97.0 Å². The summed E-state index contributed by atoms with van der Waals surface area (Å²) in [6.07, 6.45) is 4.14. The highest BCUT2D eigenvalue weighted by Crippen LogP contribution is 2.33. The normalized spacial score (nSPS) is 32.3. The van der Waals surface area contributed by atoms with Crippen LogP contribution in [-0.2, 0) is 4.79 Å². The van der Waals surface area contributed by atoms with Crippen LogP contribution in [0.25, 0.3) is 0 Å². The van der Waals surface area contributed by atoms with E-state index in [-0.39, 0.29) is 12.6 Å². The van der Waals surface area contributed by atoms with Crippen LogP contribution >= 0.6 is 0 Å². The van der Waals surface area contributed by atoms with Crippen molar-refractivity contribution in [2.75, 3.05) is 6.61 Å². The molecule has 94 valence electrons. The Bertz CT molecular complexity index is 240. The number of carbonyl (C=O) groups is 1. The van der Waals surface area contributed by atoms with Crippen LogP contribution in [0.1, 0.15) is 46.0 Å². The predicted octanol–water partition coefficient (Wildman–Crippen LogP) is 1.38. The van der Waals surface area contributed by atoms with Crippen molar-refractivity contribution in [3.05, 3.63) is 0 Å². The predicted molar refractivity (Wildman–Crippen MR) is 62.3 cm³/mol. The van der Waals surface area contributed by atoms with Crippen molar-refractivity contribution in [3.63, 3.8) is 0 Å². The molecule has 0 spiro atoms. The van der Waals surface area contributed by atoms with Crippen LogP contribution in [0.3, 0.4) is 0 Å². The molecule has 0 saturated heterocycles. The van der Waals surface area contributed by atoms with Crippen LogP contribution in [0.4, 0.5) is 0 Å². The molecule has 1 aliphatic rings. The van der Waals surface area contributed by atoms with Crippen LogP contribution in [-0.4, -0.2) is 34.4 Å².